The lowest BCUT2D eigenvalue weighted by Crippen LogP contribution is -2.47. The normalized spacial score (nSPS) is 19.2. The molecule has 0 spiro atoms. The Balaban J connectivity index is 1.48. The van der Waals surface area contributed by atoms with E-state index >= 15 is 0 Å². The van der Waals surface area contributed by atoms with Gasteiger partial charge in [0, 0.05) is 32.5 Å². The van der Waals surface area contributed by atoms with Gasteiger partial charge in [-0.1, -0.05) is 0 Å². The van der Waals surface area contributed by atoms with E-state index in [1.807, 2.05) is 12.1 Å². The number of benzene rings is 1. The third kappa shape index (κ3) is 4.06. The molecule has 1 atom stereocenters. The van der Waals surface area contributed by atoms with Crippen LogP contribution in [0.2, 0.25) is 0 Å². The van der Waals surface area contributed by atoms with Gasteiger partial charge in [0.2, 0.25) is 11.8 Å². The van der Waals surface area contributed by atoms with Crippen LogP contribution >= 0.6 is 0 Å². The molecule has 9 heteroatoms. The minimum absolute atomic E-state index is 0.00479. The molecule has 2 N–H and O–H groups in total. The summed E-state index contributed by atoms with van der Waals surface area (Å²) in [4.78, 5) is 41.6. The van der Waals surface area contributed by atoms with Crippen LogP contribution in [0.3, 0.4) is 0 Å². The first-order valence-corrected chi connectivity index (χ1v) is 11.0. The fourth-order valence-corrected chi connectivity index (χ4v) is 4.64. The number of Topliss-reactive ketones (excluding diaryl/α,β-unsaturated/α-hetero) is 1. The van der Waals surface area contributed by atoms with Crippen molar-refractivity contribution < 1.29 is 19.1 Å². The Kier molecular flexibility index (Phi) is 6.16. The van der Waals surface area contributed by atoms with Gasteiger partial charge >= 0.3 is 0 Å². The largest absolute Gasteiger partial charge is 0.497 e. The summed E-state index contributed by atoms with van der Waals surface area (Å²) >= 11 is 0. The fraction of sp³-hybridized carbons (Fsp3) is 0.478. The lowest BCUT2D eigenvalue weighted by Gasteiger charge is -2.34. The molecule has 2 aliphatic heterocycles. The molecule has 0 aliphatic carbocycles. The number of methoxy groups -OCH3 is 1. The summed E-state index contributed by atoms with van der Waals surface area (Å²) in [7, 11) is 1.59. The van der Waals surface area contributed by atoms with Crippen molar-refractivity contribution in [2.75, 3.05) is 32.5 Å². The first-order valence-electron chi connectivity index (χ1n) is 11.0. The predicted octanol–water partition coefficient (Wildman–Crippen LogP) is 1.90. The minimum atomic E-state index is -0.524. The Hall–Kier alpha value is -3.36. The van der Waals surface area contributed by atoms with Crippen LogP contribution in [0.25, 0.3) is 5.69 Å². The number of carbonyl (C=O) groups is 3. The lowest BCUT2D eigenvalue weighted by atomic mass is 9.94. The van der Waals surface area contributed by atoms with E-state index in [-0.39, 0.29) is 29.3 Å². The lowest BCUT2D eigenvalue weighted by molar-refractivity contribution is -0.140. The maximum atomic E-state index is 13.4. The van der Waals surface area contributed by atoms with E-state index in [0.717, 1.165) is 12.1 Å². The molecule has 1 aromatic carbocycles. The van der Waals surface area contributed by atoms with Crippen LogP contribution in [-0.4, -0.2) is 70.0 Å². The highest BCUT2D eigenvalue weighted by atomic mass is 16.5. The van der Waals surface area contributed by atoms with Gasteiger partial charge < -0.3 is 20.3 Å². The summed E-state index contributed by atoms with van der Waals surface area (Å²) in [5.41, 5.74) is 7.34. The quantitative estimate of drug-likeness (QED) is 0.713. The Bertz CT molecular complexity index is 1010. The highest BCUT2D eigenvalue weighted by Gasteiger charge is 2.39. The second-order valence-corrected chi connectivity index (χ2v) is 8.39. The summed E-state index contributed by atoms with van der Waals surface area (Å²) in [5, 5.41) is 4.31. The van der Waals surface area contributed by atoms with Crippen molar-refractivity contribution in [3.63, 3.8) is 0 Å². The minimum Gasteiger partial charge on any atom is -0.497 e. The zero-order valence-corrected chi connectivity index (χ0v) is 18.5. The second-order valence-electron chi connectivity index (χ2n) is 8.39. The molecule has 0 radical (unpaired) electrons. The number of nitrogens with zero attached hydrogens (tertiary/aromatic N) is 4. The predicted molar refractivity (Wildman–Crippen MR) is 119 cm³/mol. The Morgan fingerprint density at radius 1 is 1.06 bits per heavy atom. The topological polar surface area (TPSA) is 111 Å². The number of hydrogen-bond acceptors (Lipinski definition) is 6. The molecule has 1 unspecified atom stereocenters. The molecule has 2 aromatic rings. The number of nitrogen functional groups attached to an aromatic ring is 1. The first-order chi connectivity index (χ1) is 15.4. The van der Waals surface area contributed by atoms with E-state index in [2.05, 4.69) is 5.10 Å². The molecule has 1 aromatic heterocycles. The van der Waals surface area contributed by atoms with Crippen molar-refractivity contribution in [3.05, 3.63) is 36.0 Å². The zero-order valence-electron chi connectivity index (χ0n) is 18.5. The molecule has 2 saturated heterocycles. The average molecular weight is 440 g/mol. The maximum absolute atomic E-state index is 13.4. The summed E-state index contributed by atoms with van der Waals surface area (Å²) in [6, 6.07) is 6.70. The van der Waals surface area contributed by atoms with E-state index in [1.165, 1.54) is 10.9 Å². The number of likely N-dealkylation sites (tertiary alicyclic amines) is 2. The second kappa shape index (κ2) is 9.02. The van der Waals surface area contributed by atoms with Gasteiger partial charge in [0.05, 0.1) is 30.6 Å². The van der Waals surface area contributed by atoms with Crippen LogP contribution < -0.4 is 10.5 Å². The van der Waals surface area contributed by atoms with Crippen LogP contribution in [0.1, 0.15) is 43.0 Å². The van der Waals surface area contributed by atoms with Gasteiger partial charge in [0.1, 0.15) is 11.6 Å². The highest BCUT2D eigenvalue weighted by molar-refractivity contribution is 6.05. The molecule has 32 heavy (non-hydrogen) atoms. The maximum Gasteiger partial charge on any atom is 0.226 e. The van der Waals surface area contributed by atoms with E-state index in [0.29, 0.717) is 50.2 Å². The monoisotopic (exact) mass is 439 g/mol. The highest BCUT2D eigenvalue weighted by Crippen LogP contribution is 2.29. The van der Waals surface area contributed by atoms with Gasteiger partial charge in [-0.15, -0.1) is 0 Å². The van der Waals surface area contributed by atoms with E-state index < -0.39 is 6.04 Å². The van der Waals surface area contributed by atoms with Gasteiger partial charge in [-0.25, -0.2) is 4.68 Å². The van der Waals surface area contributed by atoms with Gasteiger partial charge in [0.15, 0.2) is 5.78 Å². The number of ether oxygens (including phenoxy) is 1. The van der Waals surface area contributed by atoms with Crippen LogP contribution in [0.15, 0.2) is 30.5 Å². The number of hydrogen-bond donors (Lipinski definition) is 1. The fourth-order valence-electron chi connectivity index (χ4n) is 4.64. The number of piperidine rings is 1. The van der Waals surface area contributed by atoms with E-state index in [1.54, 1.807) is 36.0 Å². The van der Waals surface area contributed by atoms with Crippen molar-refractivity contribution in [2.45, 2.75) is 38.6 Å². The molecule has 2 amide bonds. The zero-order chi connectivity index (χ0) is 22.8. The molecule has 4 rings (SSSR count). The number of anilines is 1. The van der Waals surface area contributed by atoms with Gasteiger partial charge in [0.25, 0.3) is 0 Å². The molecule has 2 fully saturated rings. The van der Waals surface area contributed by atoms with Gasteiger partial charge in [-0.2, -0.15) is 5.10 Å². The van der Waals surface area contributed by atoms with Crippen molar-refractivity contribution >= 4 is 23.4 Å². The van der Waals surface area contributed by atoms with Crippen LogP contribution in [0.4, 0.5) is 5.82 Å². The third-order valence-corrected chi connectivity index (χ3v) is 6.52. The molecule has 0 bridgehead atoms. The van der Waals surface area contributed by atoms with E-state index in [4.69, 9.17) is 10.5 Å². The van der Waals surface area contributed by atoms with Crippen molar-refractivity contribution in [1.82, 2.24) is 19.6 Å². The smallest absolute Gasteiger partial charge is 0.226 e. The molecule has 9 nitrogen and oxygen atoms in total. The number of carbonyl (C=O) groups excluding carboxylic acids is 3. The number of ketones is 1. The summed E-state index contributed by atoms with van der Waals surface area (Å²) in [5.74, 6) is 0.687. The Labute approximate surface area is 187 Å². The third-order valence-electron chi connectivity index (χ3n) is 6.52. The summed E-state index contributed by atoms with van der Waals surface area (Å²) in [6.07, 6.45) is 4.14. The van der Waals surface area contributed by atoms with Crippen molar-refractivity contribution in [3.8, 4) is 11.4 Å². The van der Waals surface area contributed by atoms with Crippen molar-refractivity contribution in [1.29, 1.82) is 0 Å². The first kappa shape index (κ1) is 21.9. The van der Waals surface area contributed by atoms with Gasteiger partial charge in [-0.05, 0) is 49.9 Å². The number of rotatable bonds is 5. The van der Waals surface area contributed by atoms with Crippen LogP contribution in [-0.2, 0) is 9.59 Å². The molecular weight excluding hydrogens is 410 g/mol. The molecule has 3 heterocycles. The molecule has 0 saturated carbocycles. The number of aromatic nitrogens is 2. The SMILES string of the molecule is COc1ccc(-n2ncc(C(=O)C3CCCN3C(=O)C3CCN(C(C)=O)CC3)c2N)cc1. The number of amides is 2. The average Bonchev–Trinajstić information content (AvgIpc) is 3.45. The Morgan fingerprint density at radius 2 is 1.75 bits per heavy atom. The number of nitrogens with two attached hydrogens (primary N) is 1. The molecule has 170 valence electrons. The van der Waals surface area contributed by atoms with Crippen molar-refractivity contribution in [2.24, 2.45) is 5.92 Å². The van der Waals surface area contributed by atoms with Crippen LogP contribution in [0.5, 0.6) is 5.75 Å². The molecule has 2 aliphatic rings. The van der Waals surface area contributed by atoms with Crippen LogP contribution in [0, 0.1) is 5.92 Å². The summed E-state index contributed by atoms with van der Waals surface area (Å²) < 4.78 is 6.70. The Morgan fingerprint density at radius 3 is 2.38 bits per heavy atom. The van der Waals surface area contributed by atoms with E-state index in [9.17, 15) is 14.4 Å². The summed E-state index contributed by atoms with van der Waals surface area (Å²) in [6.45, 7) is 3.28. The standard InChI is InChI=1S/C23H29N5O4/c1-15(29)26-12-9-16(10-13-26)23(31)27-11-3-4-20(27)21(30)19-14-25-28(22(19)24)17-5-7-18(32-2)8-6-17/h5-8,14,16,20H,3-4,9-13,24H2,1-2H3. The van der Waals surface area contributed by atoms with Gasteiger partial charge in [-0.3, -0.25) is 14.4 Å². The molecular formula is C23H29N5O4.